The molecular formula is C13H22ClN3O. The zero-order valence-corrected chi connectivity index (χ0v) is 12.4. The van der Waals surface area contributed by atoms with Crippen LogP contribution >= 0.6 is 11.6 Å². The van der Waals surface area contributed by atoms with Crippen molar-refractivity contribution < 1.29 is 4.79 Å². The first kappa shape index (κ1) is 15.2. The molecule has 1 heterocycles. The number of Topliss-reactive ketones (excluding diaryl/α,β-unsaturated/α-hetero) is 1. The number of hydrogen-bond donors (Lipinski definition) is 0. The molecule has 0 fully saturated rings. The van der Waals surface area contributed by atoms with Gasteiger partial charge in [0.2, 0.25) is 0 Å². The van der Waals surface area contributed by atoms with Crippen LogP contribution in [0.1, 0.15) is 37.2 Å². The average Bonchev–Trinajstić information content (AvgIpc) is 2.67. The molecule has 0 aliphatic heterocycles. The second-order valence-electron chi connectivity index (χ2n) is 4.92. The Morgan fingerprint density at radius 2 is 2.22 bits per heavy atom. The van der Waals surface area contributed by atoms with Gasteiger partial charge in [-0.25, -0.2) is 0 Å². The number of likely N-dealkylation sites (N-methyl/N-ethyl adjacent to an activating group) is 1. The quantitative estimate of drug-likeness (QED) is 0.716. The van der Waals surface area contributed by atoms with Crippen molar-refractivity contribution in [3.63, 3.8) is 0 Å². The molecule has 5 heteroatoms. The third-order valence-electron chi connectivity index (χ3n) is 2.96. The molecule has 18 heavy (non-hydrogen) atoms. The highest BCUT2D eigenvalue weighted by atomic mass is 35.5. The largest absolute Gasteiger partial charge is 0.308 e. The summed E-state index contributed by atoms with van der Waals surface area (Å²) in [5, 5.41) is 4.65. The lowest BCUT2D eigenvalue weighted by molar-refractivity contribution is 0.0912. The van der Waals surface area contributed by atoms with E-state index < -0.39 is 0 Å². The van der Waals surface area contributed by atoms with Gasteiger partial charge in [-0.1, -0.05) is 31.9 Å². The number of ketones is 1. The van der Waals surface area contributed by atoms with Crippen LogP contribution in [0.5, 0.6) is 0 Å². The summed E-state index contributed by atoms with van der Waals surface area (Å²) in [6.07, 6.45) is 3.44. The fourth-order valence-corrected chi connectivity index (χ4v) is 2.10. The van der Waals surface area contributed by atoms with Gasteiger partial charge in [-0.05, 0) is 20.5 Å². The minimum atomic E-state index is 0.00214. The lowest BCUT2D eigenvalue weighted by Crippen LogP contribution is -2.23. The average molecular weight is 272 g/mol. The Labute approximate surface area is 114 Å². The fourth-order valence-electron chi connectivity index (χ4n) is 1.87. The van der Waals surface area contributed by atoms with Gasteiger partial charge < -0.3 is 4.90 Å². The minimum absolute atomic E-state index is 0.00214. The van der Waals surface area contributed by atoms with Crippen molar-refractivity contribution >= 4 is 17.4 Å². The normalized spacial score (nSPS) is 13.0. The van der Waals surface area contributed by atoms with Crippen molar-refractivity contribution in [2.75, 3.05) is 20.6 Å². The summed E-state index contributed by atoms with van der Waals surface area (Å²) in [5.41, 5.74) is 0.555. The molecule has 1 aromatic rings. The van der Waals surface area contributed by atoms with Crippen LogP contribution in [0.15, 0.2) is 6.20 Å². The fraction of sp³-hybridized carbons (Fsp3) is 0.692. The Morgan fingerprint density at radius 3 is 2.78 bits per heavy atom. The predicted octanol–water partition coefficient (Wildman–Crippen LogP) is 2.72. The monoisotopic (exact) mass is 271 g/mol. The molecule has 0 aliphatic rings. The van der Waals surface area contributed by atoms with E-state index in [-0.39, 0.29) is 11.7 Å². The number of hydrogen-bond acceptors (Lipinski definition) is 3. The first-order valence-electron chi connectivity index (χ1n) is 6.37. The highest BCUT2D eigenvalue weighted by Gasteiger charge is 2.22. The maximum Gasteiger partial charge on any atom is 0.185 e. The number of rotatable bonds is 7. The summed E-state index contributed by atoms with van der Waals surface area (Å²) in [5.74, 6) is 0.0976. The first-order valence-corrected chi connectivity index (χ1v) is 6.75. The Bertz CT molecular complexity index is 401. The summed E-state index contributed by atoms with van der Waals surface area (Å²) < 4.78 is 1.72. The molecule has 0 aliphatic carbocycles. The molecule has 0 N–H and O–H groups in total. The zero-order valence-electron chi connectivity index (χ0n) is 11.6. The molecule has 4 nitrogen and oxygen atoms in total. The molecule has 0 amide bonds. The third kappa shape index (κ3) is 3.82. The van der Waals surface area contributed by atoms with Gasteiger partial charge in [0, 0.05) is 12.5 Å². The van der Waals surface area contributed by atoms with E-state index >= 15 is 0 Å². The number of nitrogens with zero attached hydrogens (tertiary/aromatic N) is 3. The Balaban J connectivity index is 2.86. The van der Waals surface area contributed by atoms with E-state index in [1.54, 1.807) is 10.9 Å². The maximum absolute atomic E-state index is 12.3. The van der Waals surface area contributed by atoms with E-state index in [2.05, 4.69) is 16.9 Å². The Hall–Kier alpha value is -0.870. The molecule has 0 bridgehead atoms. The summed E-state index contributed by atoms with van der Waals surface area (Å²) >= 11 is 6.08. The number of carbonyl (C=O) groups excluding carboxylic acids is 1. The number of aromatic nitrogens is 2. The van der Waals surface area contributed by atoms with Crippen molar-refractivity contribution in [3.8, 4) is 0 Å². The van der Waals surface area contributed by atoms with Crippen molar-refractivity contribution in [1.82, 2.24) is 14.7 Å². The second-order valence-corrected chi connectivity index (χ2v) is 5.33. The topological polar surface area (TPSA) is 38.1 Å². The standard InChI is InChI=1S/C13H22ClN3O/c1-5-6-10(2)13(18)12-11(14)9-15-17(12)8-7-16(3)4/h9-10H,5-8H2,1-4H3. The van der Waals surface area contributed by atoms with Crippen molar-refractivity contribution in [1.29, 1.82) is 0 Å². The molecule has 1 unspecified atom stereocenters. The summed E-state index contributed by atoms with van der Waals surface area (Å²) in [6, 6.07) is 0. The summed E-state index contributed by atoms with van der Waals surface area (Å²) in [6.45, 7) is 5.54. The molecule has 1 atom stereocenters. The molecule has 102 valence electrons. The van der Waals surface area contributed by atoms with E-state index in [1.807, 2.05) is 21.0 Å². The van der Waals surface area contributed by atoms with Crippen LogP contribution in [-0.4, -0.2) is 41.1 Å². The smallest absolute Gasteiger partial charge is 0.185 e. The van der Waals surface area contributed by atoms with Gasteiger partial charge >= 0.3 is 0 Å². The van der Waals surface area contributed by atoms with Crippen LogP contribution in [0, 0.1) is 5.92 Å². The predicted molar refractivity (Wildman–Crippen MR) is 74.2 cm³/mol. The SMILES string of the molecule is CCCC(C)C(=O)c1c(Cl)cnn1CCN(C)C. The van der Waals surface area contributed by atoms with Crippen molar-refractivity contribution in [2.24, 2.45) is 5.92 Å². The molecule has 0 aromatic carbocycles. The van der Waals surface area contributed by atoms with Gasteiger partial charge in [-0.3, -0.25) is 9.48 Å². The maximum atomic E-state index is 12.3. The van der Waals surface area contributed by atoms with E-state index in [1.165, 1.54) is 0 Å². The van der Waals surface area contributed by atoms with Crippen LogP contribution in [0.2, 0.25) is 5.02 Å². The summed E-state index contributed by atoms with van der Waals surface area (Å²) in [4.78, 5) is 14.4. The van der Waals surface area contributed by atoms with Crippen molar-refractivity contribution in [2.45, 2.75) is 33.2 Å². The van der Waals surface area contributed by atoms with Gasteiger partial charge in [0.15, 0.2) is 5.78 Å². The lowest BCUT2D eigenvalue weighted by Gasteiger charge is -2.14. The van der Waals surface area contributed by atoms with Crippen LogP contribution in [0.25, 0.3) is 0 Å². The van der Waals surface area contributed by atoms with Gasteiger partial charge in [0.05, 0.1) is 17.8 Å². The second kappa shape index (κ2) is 6.90. The summed E-state index contributed by atoms with van der Waals surface area (Å²) in [7, 11) is 3.98. The molecule has 1 aromatic heterocycles. The molecule has 0 saturated carbocycles. The highest BCUT2D eigenvalue weighted by molar-refractivity contribution is 6.33. The van der Waals surface area contributed by atoms with E-state index in [9.17, 15) is 4.79 Å². The van der Waals surface area contributed by atoms with Crippen LogP contribution in [-0.2, 0) is 6.54 Å². The minimum Gasteiger partial charge on any atom is -0.308 e. The molecule has 0 radical (unpaired) electrons. The molecular weight excluding hydrogens is 250 g/mol. The molecule has 0 saturated heterocycles. The Morgan fingerprint density at radius 1 is 1.56 bits per heavy atom. The molecule has 0 spiro atoms. The van der Waals surface area contributed by atoms with Crippen LogP contribution < -0.4 is 0 Å². The number of halogens is 1. The van der Waals surface area contributed by atoms with Crippen LogP contribution in [0.4, 0.5) is 0 Å². The van der Waals surface area contributed by atoms with E-state index in [0.29, 0.717) is 17.3 Å². The number of carbonyl (C=O) groups is 1. The van der Waals surface area contributed by atoms with Gasteiger partial charge in [0.25, 0.3) is 0 Å². The zero-order chi connectivity index (χ0) is 13.7. The third-order valence-corrected chi connectivity index (χ3v) is 3.23. The first-order chi connectivity index (χ1) is 8.47. The van der Waals surface area contributed by atoms with Gasteiger partial charge in [-0.2, -0.15) is 5.10 Å². The Kier molecular flexibility index (Phi) is 5.82. The van der Waals surface area contributed by atoms with Gasteiger partial charge in [-0.15, -0.1) is 0 Å². The van der Waals surface area contributed by atoms with Crippen molar-refractivity contribution in [3.05, 3.63) is 16.9 Å². The van der Waals surface area contributed by atoms with E-state index in [4.69, 9.17) is 11.6 Å². The van der Waals surface area contributed by atoms with Gasteiger partial charge in [0.1, 0.15) is 5.69 Å². The van der Waals surface area contributed by atoms with E-state index in [0.717, 1.165) is 19.4 Å². The molecule has 1 rings (SSSR count). The lowest BCUT2D eigenvalue weighted by atomic mass is 9.99. The van der Waals surface area contributed by atoms with Crippen LogP contribution in [0.3, 0.4) is 0 Å². The highest BCUT2D eigenvalue weighted by Crippen LogP contribution is 2.21.